The van der Waals surface area contributed by atoms with Crippen molar-refractivity contribution in [2.45, 2.75) is 22.7 Å². The second kappa shape index (κ2) is 11.7. The van der Waals surface area contributed by atoms with Crippen molar-refractivity contribution >= 4 is 45.9 Å². The standard InChI is InChI=1S/C21H21N5O3S3/c1-4-9-30-21-26-25-20(32-21)24-18(27)12-31-19-14(11-22)5-7-15(23-19)13-6-8-16(28-2)17(10-13)29-3/h5-8,10H,4,9,12H2,1-3H3,(H,24,25,27). The smallest absolute Gasteiger partial charge is 0.236 e. The number of nitriles is 1. The molecule has 2 aromatic heterocycles. The Balaban J connectivity index is 1.70. The Labute approximate surface area is 198 Å². The average Bonchev–Trinajstić information content (AvgIpc) is 3.27. The number of ether oxygens (including phenoxy) is 2. The molecule has 166 valence electrons. The van der Waals surface area contributed by atoms with Gasteiger partial charge in [0.15, 0.2) is 15.8 Å². The fourth-order valence-corrected chi connectivity index (χ4v) is 5.05. The van der Waals surface area contributed by atoms with E-state index in [2.05, 4.69) is 33.5 Å². The van der Waals surface area contributed by atoms with Crippen molar-refractivity contribution < 1.29 is 14.3 Å². The molecule has 1 aromatic carbocycles. The van der Waals surface area contributed by atoms with Gasteiger partial charge in [-0.3, -0.25) is 10.1 Å². The fourth-order valence-electron chi connectivity index (χ4n) is 2.59. The Kier molecular flexibility index (Phi) is 8.72. The van der Waals surface area contributed by atoms with Gasteiger partial charge in [0.2, 0.25) is 11.0 Å². The van der Waals surface area contributed by atoms with Crippen LogP contribution >= 0.6 is 34.9 Å². The van der Waals surface area contributed by atoms with Crippen molar-refractivity contribution in [1.82, 2.24) is 15.2 Å². The van der Waals surface area contributed by atoms with Gasteiger partial charge in [-0.25, -0.2) is 4.98 Å². The molecule has 3 aromatic rings. The zero-order chi connectivity index (χ0) is 22.9. The zero-order valence-electron chi connectivity index (χ0n) is 17.7. The number of hydrogen-bond donors (Lipinski definition) is 1. The van der Waals surface area contributed by atoms with E-state index in [0.717, 1.165) is 22.1 Å². The number of nitrogens with zero attached hydrogens (tertiary/aromatic N) is 4. The summed E-state index contributed by atoms with van der Waals surface area (Å²) < 4.78 is 11.5. The van der Waals surface area contributed by atoms with Gasteiger partial charge in [0.05, 0.1) is 31.2 Å². The molecule has 0 aliphatic heterocycles. The molecule has 0 unspecified atom stereocenters. The van der Waals surface area contributed by atoms with Crippen molar-refractivity contribution in [3.8, 4) is 28.8 Å². The van der Waals surface area contributed by atoms with E-state index in [4.69, 9.17) is 9.47 Å². The second-order valence-corrected chi connectivity index (χ2v) is 9.57. The highest BCUT2D eigenvalue weighted by Gasteiger charge is 2.14. The lowest BCUT2D eigenvalue weighted by atomic mass is 10.1. The van der Waals surface area contributed by atoms with Gasteiger partial charge in [-0.05, 0) is 36.8 Å². The van der Waals surface area contributed by atoms with Crippen LogP contribution in [-0.4, -0.2) is 46.8 Å². The van der Waals surface area contributed by atoms with Gasteiger partial charge in [0, 0.05) is 11.3 Å². The lowest BCUT2D eigenvalue weighted by molar-refractivity contribution is -0.113. The third kappa shape index (κ3) is 6.12. The maximum Gasteiger partial charge on any atom is 0.236 e. The lowest BCUT2D eigenvalue weighted by Crippen LogP contribution is -2.14. The van der Waals surface area contributed by atoms with Crippen LogP contribution in [0.2, 0.25) is 0 Å². The van der Waals surface area contributed by atoms with Crippen LogP contribution in [0.15, 0.2) is 39.7 Å². The van der Waals surface area contributed by atoms with Crippen molar-refractivity contribution in [3.63, 3.8) is 0 Å². The van der Waals surface area contributed by atoms with Crippen molar-refractivity contribution in [3.05, 3.63) is 35.9 Å². The zero-order valence-corrected chi connectivity index (χ0v) is 20.2. The molecule has 0 radical (unpaired) electrons. The Morgan fingerprint density at radius 1 is 1.16 bits per heavy atom. The minimum Gasteiger partial charge on any atom is -0.493 e. The molecule has 2 heterocycles. The van der Waals surface area contributed by atoms with Gasteiger partial charge in [-0.15, -0.1) is 10.2 Å². The highest BCUT2D eigenvalue weighted by molar-refractivity contribution is 8.01. The van der Waals surface area contributed by atoms with E-state index in [9.17, 15) is 10.1 Å². The summed E-state index contributed by atoms with van der Waals surface area (Å²) in [6.45, 7) is 2.09. The molecule has 0 atom stereocenters. The molecule has 0 bridgehead atoms. The van der Waals surface area contributed by atoms with E-state index in [1.807, 2.05) is 12.1 Å². The number of benzene rings is 1. The highest BCUT2D eigenvalue weighted by atomic mass is 32.2. The Bertz CT molecular complexity index is 1130. The predicted molar refractivity (Wildman–Crippen MR) is 128 cm³/mol. The molecule has 0 fully saturated rings. The number of rotatable bonds is 10. The summed E-state index contributed by atoms with van der Waals surface area (Å²) in [6, 6.07) is 11.1. The van der Waals surface area contributed by atoms with E-state index in [-0.39, 0.29) is 11.7 Å². The minimum atomic E-state index is -0.236. The summed E-state index contributed by atoms with van der Waals surface area (Å²) in [7, 11) is 3.14. The molecule has 8 nitrogen and oxygen atoms in total. The third-order valence-electron chi connectivity index (χ3n) is 4.08. The molecule has 1 amide bonds. The number of carbonyl (C=O) groups is 1. The Morgan fingerprint density at radius 2 is 1.97 bits per heavy atom. The maximum atomic E-state index is 12.4. The van der Waals surface area contributed by atoms with Crippen molar-refractivity contribution in [1.29, 1.82) is 5.26 Å². The lowest BCUT2D eigenvalue weighted by Gasteiger charge is -2.10. The molecular formula is C21H21N5O3S3. The SMILES string of the molecule is CCCSc1nnc(NC(=O)CSc2nc(-c3ccc(OC)c(OC)c3)ccc2C#N)s1. The number of methoxy groups -OCH3 is 2. The third-order valence-corrected chi connectivity index (χ3v) is 7.25. The molecule has 0 saturated heterocycles. The van der Waals surface area contributed by atoms with Gasteiger partial charge in [-0.2, -0.15) is 5.26 Å². The van der Waals surface area contributed by atoms with Crippen LogP contribution in [0, 0.1) is 11.3 Å². The summed E-state index contributed by atoms with van der Waals surface area (Å²) in [5.74, 6) is 2.01. The Hall–Kier alpha value is -2.81. The summed E-state index contributed by atoms with van der Waals surface area (Å²) >= 11 is 4.16. The molecule has 0 spiro atoms. The average molecular weight is 488 g/mol. The fraction of sp³-hybridized carbons (Fsp3) is 0.286. The summed E-state index contributed by atoms with van der Waals surface area (Å²) in [6.07, 6.45) is 1.04. The number of nitrogens with one attached hydrogen (secondary N) is 1. The first kappa shape index (κ1) is 23.8. The van der Waals surface area contributed by atoms with E-state index in [0.29, 0.717) is 32.9 Å². The normalized spacial score (nSPS) is 10.4. The van der Waals surface area contributed by atoms with Crippen LogP contribution in [0.1, 0.15) is 18.9 Å². The van der Waals surface area contributed by atoms with Crippen molar-refractivity contribution in [2.75, 3.05) is 31.0 Å². The molecule has 0 saturated carbocycles. The largest absolute Gasteiger partial charge is 0.493 e. The Morgan fingerprint density at radius 3 is 2.69 bits per heavy atom. The summed E-state index contributed by atoms with van der Waals surface area (Å²) in [5, 5.41) is 21.2. The summed E-state index contributed by atoms with van der Waals surface area (Å²) in [4.78, 5) is 17.0. The number of anilines is 1. The van der Waals surface area contributed by atoms with Gasteiger partial charge in [-0.1, -0.05) is 41.8 Å². The molecule has 32 heavy (non-hydrogen) atoms. The number of pyridine rings is 1. The first-order valence-electron chi connectivity index (χ1n) is 9.60. The minimum absolute atomic E-state index is 0.0914. The van der Waals surface area contributed by atoms with Crippen LogP contribution in [0.3, 0.4) is 0 Å². The number of aromatic nitrogens is 3. The molecule has 0 aliphatic rings. The van der Waals surface area contributed by atoms with E-state index in [1.54, 1.807) is 44.2 Å². The first-order valence-corrected chi connectivity index (χ1v) is 12.4. The number of thioether (sulfide) groups is 2. The van der Waals surface area contributed by atoms with E-state index >= 15 is 0 Å². The number of amides is 1. The number of hydrogen-bond acceptors (Lipinski definition) is 10. The quantitative estimate of drug-likeness (QED) is 0.321. The maximum absolute atomic E-state index is 12.4. The molecule has 11 heteroatoms. The van der Waals surface area contributed by atoms with Crippen molar-refractivity contribution in [2.24, 2.45) is 0 Å². The van der Waals surface area contributed by atoms with Crippen LogP contribution in [-0.2, 0) is 4.79 Å². The van der Waals surface area contributed by atoms with Gasteiger partial charge >= 0.3 is 0 Å². The van der Waals surface area contributed by atoms with Crippen LogP contribution in [0.4, 0.5) is 5.13 Å². The second-order valence-electron chi connectivity index (χ2n) is 6.29. The molecular weight excluding hydrogens is 466 g/mol. The molecule has 0 aliphatic carbocycles. The van der Waals surface area contributed by atoms with Crippen LogP contribution in [0.5, 0.6) is 11.5 Å². The predicted octanol–water partition coefficient (Wildman–Crippen LogP) is 4.72. The summed E-state index contributed by atoms with van der Waals surface area (Å²) in [5.41, 5.74) is 1.88. The van der Waals surface area contributed by atoms with Crippen LogP contribution < -0.4 is 14.8 Å². The van der Waals surface area contributed by atoms with E-state index < -0.39 is 0 Å². The highest BCUT2D eigenvalue weighted by Crippen LogP contribution is 2.33. The van der Waals surface area contributed by atoms with Gasteiger partial charge in [0.1, 0.15) is 11.1 Å². The van der Waals surface area contributed by atoms with Gasteiger partial charge < -0.3 is 9.47 Å². The number of carbonyl (C=O) groups excluding carboxylic acids is 1. The molecule has 3 rings (SSSR count). The molecule has 1 N–H and O–H groups in total. The van der Waals surface area contributed by atoms with Gasteiger partial charge in [0.25, 0.3) is 0 Å². The first-order chi connectivity index (χ1) is 15.6. The monoisotopic (exact) mass is 487 g/mol. The topological polar surface area (TPSA) is 110 Å². The van der Waals surface area contributed by atoms with E-state index in [1.165, 1.54) is 23.1 Å². The van der Waals surface area contributed by atoms with Crippen LogP contribution in [0.25, 0.3) is 11.3 Å².